The number of aromatic nitrogens is 1. The Morgan fingerprint density at radius 1 is 1.35 bits per heavy atom. The highest BCUT2D eigenvalue weighted by Crippen LogP contribution is 2.19. The Kier molecular flexibility index (Phi) is 5.20. The second-order valence-electron chi connectivity index (χ2n) is 4.69. The van der Waals surface area contributed by atoms with Gasteiger partial charge in [0.05, 0.1) is 10.6 Å². The molecule has 1 aliphatic rings. The first-order valence-electron chi connectivity index (χ1n) is 6.45. The highest BCUT2D eigenvalue weighted by Gasteiger charge is 2.22. The first-order valence-corrected chi connectivity index (χ1v) is 7.20. The Labute approximate surface area is 127 Å². The maximum atomic E-state index is 11.9. The Hall–Kier alpha value is -1.33. The van der Waals surface area contributed by atoms with Crippen LogP contribution in [0.15, 0.2) is 12.3 Å². The van der Waals surface area contributed by atoms with Crippen LogP contribution in [0.1, 0.15) is 36.0 Å². The van der Waals surface area contributed by atoms with Gasteiger partial charge in [0.25, 0.3) is 5.91 Å². The van der Waals surface area contributed by atoms with Crippen LogP contribution in [0.4, 0.5) is 0 Å². The largest absolute Gasteiger partial charge is 0.353 e. The van der Waals surface area contributed by atoms with Crippen molar-refractivity contribution in [2.24, 2.45) is 0 Å². The van der Waals surface area contributed by atoms with E-state index in [0.29, 0.717) is 25.4 Å². The van der Waals surface area contributed by atoms with Gasteiger partial charge in [-0.2, -0.15) is 0 Å². The summed E-state index contributed by atoms with van der Waals surface area (Å²) in [5.41, 5.74) is 0.286. The lowest BCUT2D eigenvalue weighted by molar-refractivity contribution is -0.121. The molecule has 2 rings (SSSR count). The van der Waals surface area contributed by atoms with E-state index >= 15 is 0 Å². The van der Waals surface area contributed by atoms with E-state index in [4.69, 9.17) is 23.2 Å². The average molecular weight is 316 g/mol. The Morgan fingerprint density at radius 2 is 2.10 bits per heavy atom. The molecule has 0 atom stereocenters. The molecule has 1 fully saturated rings. The molecule has 0 aliphatic heterocycles. The molecule has 5 nitrogen and oxygen atoms in total. The number of amides is 2. The lowest BCUT2D eigenvalue weighted by atomic mass is 10.2. The van der Waals surface area contributed by atoms with Gasteiger partial charge in [0.15, 0.2) is 0 Å². The van der Waals surface area contributed by atoms with Crippen molar-refractivity contribution >= 4 is 35.0 Å². The van der Waals surface area contributed by atoms with Crippen molar-refractivity contribution in [3.8, 4) is 0 Å². The van der Waals surface area contributed by atoms with Crippen molar-refractivity contribution in [2.75, 3.05) is 6.54 Å². The zero-order chi connectivity index (χ0) is 14.5. The van der Waals surface area contributed by atoms with Crippen LogP contribution in [-0.4, -0.2) is 29.4 Å². The van der Waals surface area contributed by atoms with Gasteiger partial charge < -0.3 is 10.6 Å². The number of hydrogen-bond donors (Lipinski definition) is 2. The van der Waals surface area contributed by atoms with E-state index in [1.807, 2.05) is 0 Å². The lowest BCUT2D eigenvalue weighted by Gasteiger charge is -2.07. The van der Waals surface area contributed by atoms with Crippen LogP contribution >= 0.6 is 23.2 Å². The minimum Gasteiger partial charge on any atom is -0.353 e. The summed E-state index contributed by atoms with van der Waals surface area (Å²) in [5, 5.41) is 6.05. The van der Waals surface area contributed by atoms with E-state index in [0.717, 1.165) is 12.8 Å². The van der Waals surface area contributed by atoms with Gasteiger partial charge in [-0.25, -0.2) is 4.98 Å². The minimum atomic E-state index is -0.318. The van der Waals surface area contributed by atoms with Gasteiger partial charge in [-0.3, -0.25) is 9.59 Å². The van der Waals surface area contributed by atoms with Crippen LogP contribution in [0.5, 0.6) is 0 Å². The van der Waals surface area contributed by atoms with Gasteiger partial charge in [-0.1, -0.05) is 23.2 Å². The van der Waals surface area contributed by atoms with Gasteiger partial charge in [0.1, 0.15) is 5.15 Å². The number of pyridine rings is 1. The SMILES string of the molecule is O=C(CCCNC(=O)c1cc(Cl)ncc1Cl)NC1CC1. The predicted octanol–water partition coefficient (Wildman–Crippen LogP) is 2.18. The molecule has 1 heterocycles. The number of hydrogen-bond acceptors (Lipinski definition) is 3. The van der Waals surface area contributed by atoms with Crippen LogP contribution in [-0.2, 0) is 4.79 Å². The van der Waals surface area contributed by atoms with Crippen molar-refractivity contribution < 1.29 is 9.59 Å². The summed E-state index contributed by atoms with van der Waals surface area (Å²) in [5.74, 6) is -0.284. The van der Waals surface area contributed by atoms with Gasteiger partial charge in [0, 0.05) is 25.2 Å². The fourth-order valence-corrected chi connectivity index (χ4v) is 2.01. The normalized spacial score (nSPS) is 13.9. The number of carbonyl (C=O) groups excluding carboxylic acids is 2. The van der Waals surface area contributed by atoms with Crippen LogP contribution < -0.4 is 10.6 Å². The second kappa shape index (κ2) is 6.90. The Bertz CT molecular complexity index is 518. The number of carbonyl (C=O) groups is 2. The molecule has 1 aromatic heterocycles. The zero-order valence-electron chi connectivity index (χ0n) is 10.8. The smallest absolute Gasteiger partial charge is 0.252 e. The second-order valence-corrected chi connectivity index (χ2v) is 5.48. The van der Waals surface area contributed by atoms with Crippen LogP contribution in [0.2, 0.25) is 10.2 Å². The maximum absolute atomic E-state index is 11.9. The Balaban J connectivity index is 1.71. The summed E-state index contributed by atoms with van der Waals surface area (Å²) < 4.78 is 0. The number of nitrogens with one attached hydrogen (secondary N) is 2. The maximum Gasteiger partial charge on any atom is 0.252 e. The van der Waals surface area contributed by atoms with Gasteiger partial charge in [-0.15, -0.1) is 0 Å². The number of halogens is 2. The molecule has 0 spiro atoms. The van der Waals surface area contributed by atoms with E-state index in [-0.39, 0.29) is 27.6 Å². The standard InChI is InChI=1S/C13H15Cl2N3O2/c14-10-7-17-11(15)6-9(10)13(20)16-5-1-2-12(19)18-8-3-4-8/h6-8H,1-5H2,(H,16,20)(H,18,19). The van der Waals surface area contributed by atoms with Crippen molar-refractivity contribution in [2.45, 2.75) is 31.7 Å². The number of nitrogens with zero attached hydrogens (tertiary/aromatic N) is 1. The lowest BCUT2D eigenvalue weighted by Crippen LogP contribution is -2.28. The van der Waals surface area contributed by atoms with Crippen molar-refractivity contribution in [1.29, 1.82) is 0 Å². The molecule has 0 radical (unpaired) electrons. The molecule has 20 heavy (non-hydrogen) atoms. The van der Waals surface area contributed by atoms with Gasteiger partial charge in [0.2, 0.25) is 5.91 Å². The fraction of sp³-hybridized carbons (Fsp3) is 0.462. The first kappa shape index (κ1) is 15.1. The van der Waals surface area contributed by atoms with E-state index in [1.165, 1.54) is 12.3 Å². The molecule has 0 unspecified atom stereocenters. The van der Waals surface area contributed by atoms with E-state index in [1.54, 1.807) is 0 Å². The third kappa shape index (κ3) is 4.65. The molecule has 1 aromatic rings. The predicted molar refractivity (Wildman–Crippen MR) is 77.0 cm³/mol. The molecule has 1 saturated carbocycles. The fourth-order valence-electron chi connectivity index (χ4n) is 1.66. The monoisotopic (exact) mass is 315 g/mol. The highest BCUT2D eigenvalue weighted by atomic mass is 35.5. The summed E-state index contributed by atoms with van der Waals surface area (Å²) in [7, 11) is 0. The van der Waals surface area contributed by atoms with Gasteiger partial charge in [-0.05, 0) is 25.3 Å². The van der Waals surface area contributed by atoms with Crippen LogP contribution in [0.25, 0.3) is 0 Å². The minimum absolute atomic E-state index is 0.0340. The molecular weight excluding hydrogens is 301 g/mol. The summed E-state index contributed by atoms with van der Waals surface area (Å²) in [4.78, 5) is 27.1. The summed E-state index contributed by atoms with van der Waals surface area (Å²) in [6.07, 6.45) is 4.47. The van der Waals surface area contributed by atoms with Crippen LogP contribution in [0.3, 0.4) is 0 Å². The van der Waals surface area contributed by atoms with Crippen molar-refractivity contribution in [1.82, 2.24) is 15.6 Å². The molecule has 0 aromatic carbocycles. The molecule has 0 bridgehead atoms. The van der Waals surface area contributed by atoms with Crippen LogP contribution in [0, 0.1) is 0 Å². The van der Waals surface area contributed by atoms with E-state index in [9.17, 15) is 9.59 Å². The summed E-state index contributed by atoms with van der Waals surface area (Å²) >= 11 is 11.6. The zero-order valence-corrected chi connectivity index (χ0v) is 12.3. The molecule has 0 saturated heterocycles. The quantitative estimate of drug-likeness (QED) is 0.624. The molecule has 2 N–H and O–H groups in total. The Morgan fingerprint density at radius 3 is 2.80 bits per heavy atom. The average Bonchev–Trinajstić information content (AvgIpc) is 3.21. The summed E-state index contributed by atoms with van der Waals surface area (Å²) in [6, 6.07) is 1.79. The van der Waals surface area contributed by atoms with E-state index < -0.39 is 0 Å². The molecule has 2 amide bonds. The number of rotatable bonds is 6. The molecule has 1 aliphatic carbocycles. The third-order valence-electron chi connectivity index (χ3n) is 2.88. The third-order valence-corrected chi connectivity index (χ3v) is 3.38. The molecule has 108 valence electrons. The van der Waals surface area contributed by atoms with Gasteiger partial charge >= 0.3 is 0 Å². The summed E-state index contributed by atoms with van der Waals surface area (Å²) in [6.45, 7) is 0.410. The van der Waals surface area contributed by atoms with E-state index in [2.05, 4.69) is 15.6 Å². The topological polar surface area (TPSA) is 71.1 Å². The highest BCUT2D eigenvalue weighted by molar-refractivity contribution is 6.35. The van der Waals surface area contributed by atoms with Crippen molar-refractivity contribution in [3.63, 3.8) is 0 Å². The van der Waals surface area contributed by atoms with Crippen molar-refractivity contribution in [3.05, 3.63) is 28.0 Å². The molecule has 7 heteroatoms. The first-order chi connectivity index (χ1) is 9.56. The molecular formula is C13H15Cl2N3O2.